The predicted molar refractivity (Wildman–Crippen MR) is 76.1 cm³/mol. The number of amides is 1. The fourth-order valence-corrected chi connectivity index (χ4v) is 2.73. The van der Waals surface area contributed by atoms with E-state index in [0.717, 1.165) is 12.8 Å². The molecular weight excluding hydrogens is 242 g/mol. The van der Waals surface area contributed by atoms with Crippen molar-refractivity contribution in [2.24, 2.45) is 5.92 Å². The minimum absolute atomic E-state index is 0.141. The van der Waals surface area contributed by atoms with Crippen molar-refractivity contribution in [3.8, 4) is 0 Å². The van der Waals surface area contributed by atoms with E-state index in [1.807, 2.05) is 20.8 Å². The second-order valence-corrected chi connectivity index (χ2v) is 6.52. The standard InChI is InChI=1S/C15H29NO3/c1-15(2,3)19-14(18)16-13(10-7-11-17)12-8-5-4-6-9-12/h12-13,17H,4-11H2,1-3H3,(H,16,18). The maximum Gasteiger partial charge on any atom is 0.407 e. The molecule has 0 bridgehead atoms. The first kappa shape index (κ1) is 16.3. The summed E-state index contributed by atoms with van der Waals surface area (Å²) in [4.78, 5) is 11.9. The minimum Gasteiger partial charge on any atom is -0.444 e. The van der Waals surface area contributed by atoms with Crippen LogP contribution in [0.15, 0.2) is 0 Å². The Morgan fingerprint density at radius 3 is 2.47 bits per heavy atom. The Hall–Kier alpha value is -0.770. The zero-order valence-corrected chi connectivity index (χ0v) is 12.6. The lowest BCUT2D eigenvalue weighted by atomic mass is 9.82. The predicted octanol–water partition coefficient (Wildman–Crippen LogP) is 3.23. The van der Waals surface area contributed by atoms with Crippen molar-refractivity contribution in [1.82, 2.24) is 5.32 Å². The summed E-state index contributed by atoms with van der Waals surface area (Å²) in [6.07, 6.45) is 7.37. The molecule has 0 spiro atoms. The van der Waals surface area contributed by atoms with Gasteiger partial charge in [0.2, 0.25) is 0 Å². The van der Waals surface area contributed by atoms with Crippen molar-refractivity contribution in [2.45, 2.75) is 77.4 Å². The summed E-state index contributed by atoms with van der Waals surface area (Å²) in [6.45, 7) is 5.79. The lowest BCUT2D eigenvalue weighted by Gasteiger charge is -2.31. The molecule has 1 aliphatic carbocycles. The largest absolute Gasteiger partial charge is 0.444 e. The number of alkyl carbamates (subject to hydrolysis) is 1. The molecule has 4 nitrogen and oxygen atoms in total. The van der Waals surface area contributed by atoms with Crippen LogP contribution in [-0.2, 0) is 4.74 Å². The summed E-state index contributed by atoms with van der Waals surface area (Å²) in [5.41, 5.74) is -0.460. The van der Waals surface area contributed by atoms with Gasteiger partial charge in [-0.2, -0.15) is 0 Å². The molecule has 0 heterocycles. The molecule has 19 heavy (non-hydrogen) atoms. The van der Waals surface area contributed by atoms with Crippen LogP contribution in [-0.4, -0.2) is 29.4 Å². The molecule has 1 unspecified atom stereocenters. The van der Waals surface area contributed by atoms with Crippen LogP contribution in [0.1, 0.15) is 65.7 Å². The van der Waals surface area contributed by atoms with Gasteiger partial charge in [-0.25, -0.2) is 4.79 Å². The molecule has 0 aromatic heterocycles. The number of nitrogens with one attached hydrogen (secondary N) is 1. The van der Waals surface area contributed by atoms with E-state index in [1.165, 1.54) is 32.1 Å². The van der Waals surface area contributed by atoms with Crippen LogP contribution in [0, 0.1) is 5.92 Å². The first-order valence-electron chi connectivity index (χ1n) is 7.53. The van der Waals surface area contributed by atoms with Crippen LogP contribution in [0.2, 0.25) is 0 Å². The zero-order valence-electron chi connectivity index (χ0n) is 12.6. The van der Waals surface area contributed by atoms with E-state index in [-0.39, 0.29) is 18.7 Å². The second kappa shape index (κ2) is 7.73. The number of hydrogen-bond acceptors (Lipinski definition) is 3. The Kier molecular flexibility index (Phi) is 6.63. The monoisotopic (exact) mass is 271 g/mol. The molecule has 1 saturated carbocycles. The highest BCUT2D eigenvalue weighted by molar-refractivity contribution is 5.68. The van der Waals surface area contributed by atoms with E-state index in [4.69, 9.17) is 9.84 Å². The highest BCUT2D eigenvalue weighted by Gasteiger charge is 2.26. The van der Waals surface area contributed by atoms with Crippen molar-refractivity contribution in [3.05, 3.63) is 0 Å². The Bertz CT molecular complexity index is 267. The first-order chi connectivity index (χ1) is 8.92. The van der Waals surface area contributed by atoms with Crippen molar-refractivity contribution >= 4 is 6.09 Å². The fraction of sp³-hybridized carbons (Fsp3) is 0.933. The van der Waals surface area contributed by atoms with Gasteiger partial charge in [0, 0.05) is 12.6 Å². The molecule has 0 radical (unpaired) electrons. The Morgan fingerprint density at radius 1 is 1.32 bits per heavy atom. The molecule has 1 fully saturated rings. The van der Waals surface area contributed by atoms with Crippen LogP contribution in [0.25, 0.3) is 0 Å². The number of aliphatic hydroxyl groups excluding tert-OH is 1. The van der Waals surface area contributed by atoms with Crippen LogP contribution in [0.3, 0.4) is 0 Å². The number of carbonyl (C=O) groups excluding carboxylic acids is 1. The van der Waals surface area contributed by atoms with Crippen molar-refractivity contribution in [3.63, 3.8) is 0 Å². The molecule has 1 amide bonds. The summed E-state index contributed by atoms with van der Waals surface area (Å²) >= 11 is 0. The number of carbonyl (C=O) groups is 1. The van der Waals surface area contributed by atoms with Gasteiger partial charge in [0.1, 0.15) is 5.60 Å². The Morgan fingerprint density at radius 2 is 1.95 bits per heavy atom. The molecule has 0 saturated heterocycles. The molecule has 0 aromatic carbocycles. The third-order valence-electron chi connectivity index (χ3n) is 3.59. The van der Waals surface area contributed by atoms with Crippen molar-refractivity contribution in [2.75, 3.05) is 6.61 Å². The van der Waals surface area contributed by atoms with Crippen LogP contribution >= 0.6 is 0 Å². The normalized spacial score (nSPS) is 18.9. The van der Waals surface area contributed by atoms with E-state index in [0.29, 0.717) is 5.92 Å². The molecular formula is C15H29NO3. The SMILES string of the molecule is CC(C)(C)OC(=O)NC(CCCO)C1CCCCC1. The quantitative estimate of drug-likeness (QED) is 0.807. The number of aliphatic hydroxyl groups is 1. The maximum absolute atomic E-state index is 11.9. The van der Waals surface area contributed by atoms with Crippen molar-refractivity contribution in [1.29, 1.82) is 0 Å². The maximum atomic E-state index is 11.9. The molecule has 0 aromatic rings. The molecule has 1 atom stereocenters. The smallest absolute Gasteiger partial charge is 0.407 e. The lowest BCUT2D eigenvalue weighted by Crippen LogP contribution is -2.43. The molecule has 112 valence electrons. The summed E-state index contributed by atoms with van der Waals surface area (Å²) in [7, 11) is 0. The van der Waals surface area contributed by atoms with Gasteiger partial charge in [-0.1, -0.05) is 19.3 Å². The van der Waals surface area contributed by atoms with Gasteiger partial charge in [0.25, 0.3) is 0 Å². The van der Waals surface area contributed by atoms with E-state index < -0.39 is 5.60 Å². The lowest BCUT2D eigenvalue weighted by molar-refractivity contribution is 0.0469. The third kappa shape index (κ3) is 6.81. The van der Waals surface area contributed by atoms with Gasteiger partial charge in [0.15, 0.2) is 0 Å². The van der Waals surface area contributed by atoms with Gasteiger partial charge >= 0.3 is 6.09 Å². The first-order valence-corrected chi connectivity index (χ1v) is 7.53. The minimum atomic E-state index is -0.460. The summed E-state index contributed by atoms with van der Waals surface area (Å²) in [5, 5.41) is 12.0. The van der Waals surface area contributed by atoms with E-state index in [2.05, 4.69) is 5.32 Å². The summed E-state index contributed by atoms with van der Waals surface area (Å²) < 4.78 is 5.33. The number of rotatable bonds is 5. The van der Waals surface area contributed by atoms with Crippen LogP contribution in [0.4, 0.5) is 4.79 Å². The van der Waals surface area contributed by atoms with Gasteiger partial charge in [-0.15, -0.1) is 0 Å². The average molecular weight is 271 g/mol. The second-order valence-electron chi connectivity index (χ2n) is 6.52. The van der Waals surface area contributed by atoms with Crippen LogP contribution in [0.5, 0.6) is 0 Å². The van der Waals surface area contributed by atoms with Gasteiger partial charge < -0.3 is 15.2 Å². The van der Waals surface area contributed by atoms with Crippen molar-refractivity contribution < 1.29 is 14.6 Å². The fourth-order valence-electron chi connectivity index (χ4n) is 2.73. The highest BCUT2D eigenvalue weighted by Crippen LogP contribution is 2.28. The number of hydrogen-bond donors (Lipinski definition) is 2. The third-order valence-corrected chi connectivity index (χ3v) is 3.59. The van der Waals surface area contributed by atoms with Crippen LogP contribution < -0.4 is 5.32 Å². The Balaban J connectivity index is 2.50. The molecule has 1 aliphatic rings. The molecule has 0 aliphatic heterocycles. The Labute approximate surface area is 116 Å². The van der Waals surface area contributed by atoms with E-state index in [9.17, 15) is 4.79 Å². The molecule has 4 heteroatoms. The van der Waals surface area contributed by atoms with Gasteiger partial charge in [0.05, 0.1) is 0 Å². The summed E-state index contributed by atoms with van der Waals surface area (Å²) in [6, 6.07) is 0.141. The topological polar surface area (TPSA) is 58.6 Å². The van der Waals surface area contributed by atoms with E-state index >= 15 is 0 Å². The molecule has 2 N–H and O–H groups in total. The average Bonchev–Trinajstić information content (AvgIpc) is 2.33. The number of ether oxygens (including phenoxy) is 1. The molecule has 1 rings (SSSR count). The summed E-state index contributed by atoms with van der Waals surface area (Å²) in [5.74, 6) is 0.535. The van der Waals surface area contributed by atoms with Gasteiger partial charge in [-0.05, 0) is 52.4 Å². The highest BCUT2D eigenvalue weighted by atomic mass is 16.6. The zero-order chi connectivity index (χ0) is 14.3. The van der Waals surface area contributed by atoms with Gasteiger partial charge in [-0.3, -0.25) is 0 Å². The van der Waals surface area contributed by atoms with E-state index in [1.54, 1.807) is 0 Å².